The Kier molecular flexibility index (Phi) is 9.33. The van der Waals surface area contributed by atoms with Crippen LogP contribution in [0.4, 0.5) is 17.1 Å². The van der Waals surface area contributed by atoms with Gasteiger partial charge in [-0.15, -0.1) is 11.3 Å². The fraction of sp³-hybridized carbons (Fsp3) is 0.0149. The van der Waals surface area contributed by atoms with Crippen molar-refractivity contribution in [2.45, 2.75) is 5.41 Å². The molecule has 0 spiro atoms. The molecule has 0 atom stereocenters. The Morgan fingerprint density at radius 1 is 0.343 bits per heavy atom. The maximum Gasteiger partial charge on any atom is 0.0727 e. The van der Waals surface area contributed by atoms with E-state index in [4.69, 9.17) is 0 Å². The van der Waals surface area contributed by atoms with E-state index >= 15 is 0 Å². The third-order valence-corrected chi connectivity index (χ3v) is 15.9. The summed E-state index contributed by atoms with van der Waals surface area (Å²) in [6, 6.07) is 98.5. The predicted octanol–water partition coefficient (Wildman–Crippen LogP) is 18.3. The number of benzene rings is 11. The van der Waals surface area contributed by atoms with Gasteiger partial charge in [0.25, 0.3) is 0 Å². The second-order valence-corrected chi connectivity index (χ2v) is 19.4. The molecule has 328 valence electrons. The van der Waals surface area contributed by atoms with E-state index in [0.717, 1.165) is 17.1 Å². The van der Waals surface area contributed by atoms with Crippen LogP contribution in [0, 0.1) is 0 Å². The van der Waals surface area contributed by atoms with Crippen molar-refractivity contribution in [2.75, 3.05) is 4.90 Å². The lowest BCUT2D eigenvalue weighted by Gasteiger charge is -2.35. The van der Waals surface area contributed by atoms with E-state index < -0.39 is 5.41 Å². The largest absolute Gasteiger partial charge is 0.310 e. The first-order valence-electron chi connectivity index (χ1n) is 24.1. The summed E-state index contributed by atoms with van der Waals surface area (Å²) in [6.07, 6.45) is 0. The van der Waals surface area contributed by atoms with Gasteiger partial charge in [-0.1, -0.05) is 212 Å². The molecule has 2 nitrogen and oxygen atoms in total. The number of thiophene rings is 1. The van der Waals surface area contributed by atoms with Crippen LogP contribution in [0.15, 0.2) is 267 Å². The molecule has 0 amide bonds. The maximum absolute atomic E-state index is 2.47. The van der Waals surface area contributed by atoms with Gasteiger partial charge in [-0.05, 0) is 121 Å². The molecule has 0 bridgehead atoms. The topological polar surface area (TPSA) is 8.17 Å². The molecule has 13 aromatic rings. The average Bonchev–Trinajstić information content (AvgIpc) is 4.08. The molecule has 0 saturated carbocycles. The molecule has 0 radical (unpaired) electrons. The van der Waals surface area contributed by atoms with E-state index in [1.807, 2.05) is 11.3 Å². The van der Waals surface area contributed by atoms with Crippen LogP contribution < -0.4 is 4.90 Å². The number of anilines is 3. The van der Waals surface area contributed by atoms with Crippen LogP contribution in [-0.4, -0.2) is 4.57 Å². The highest BCUT2D eigenvalue weighted by molar-refractivity contribution is 7.27. The lowest BCUT2D eigenvalue weighted by Crippen LogP contribution is -2.28. The summed E-state index contributed by atoms with van der Waals surface area (Å²) in [5.74, 6) is 0. The van der Waals surface area contributed by atoms with Crippen LogP contribution in [0.3, 0.4) is 0 Å². The van der Waals surface area contributed by atoms with Crippen LogP contribution in [0.5, 0.6) is 0 Å². The Labute approximate surface area is 411 Å². The van der Waals surface area contributed by atoms with Crippen LogP contribution >= 0.6 is 11.3 Å². The first-order chi connectivity index (χ1) is 34.7. The first kappa shape index (κ1) is 40.3. The van der Waals surface area contributed by atoms with Crippen molar-refractivity contribution in [1.29, 1.82) is 0 Å². The molecule has 0 aliphatic heterocycles. The summed E-state index contributed by atoms with van der Waals surface area (Å²) >= 11 is 1.90. The summed E-state index contributed by atoms with van der Waals surface area (Å²) < 4.78 is 5.05. The molecule has 70 heavy (non-hydrogen) atoms. The Morgan fingerprint density at radius 2 is 0.914 bits per heavy atom. The lowest BCUT2D eigenvalue weighted by atomic mass is 9.67. The zero-order valence-electron chi connectivity index (χ0n) is 38.2. The summed E-state index contributed by atoms with van der Waals surface area (Å²) in [5.41, 5.74) is 18.8. The molecule has 14 rings (SSSR count). The van der Waals surface area contributed by atoms with E-state index in [1.165, 1.54) is 103 Å². The summed E-state index contributed by atoms with van der Waals surface area (Å²) in [4.78, 5) is 2.46. The highest BCUT2D eigenvalue weighted by Crippen LogP contribution is 2.57. The number of hydrogen-bond donors (Lipinski definition) is 0. The van der Waals surface area contributed by atoms with E-state index in [-0.39, 0.29) is 0 Å². The van der Waals surface area contributed by atoms with Gasteiger partial charge in [-0.3, -0.25) is 0 Å². The quantitative estimate of drug-likeness (QED) is 0.147. The molecule has 1 aliphatic carbocycles. The number of hydrogen-bond acceptors (Lipinski definition) is 2. The molecular weight excluding hydrogens is 865 g/mol. The van der Waals surface area contributed by atoms with Gasteiger partial charge in [-0.25, -0.2) is 0 Å². The summed E-state index contributed by atoms with van der Waals surface area (Å²) in [7, 11) is 0. The minimum absolute atomic E-state index is 0.530. The fourth-order valence-corrected chi connectivity index (χ4v) is 13.0. The second kappa shape index (κ2) is 16.2. The van der Waals surface area contributed by atoms with Gasteiger partial charge in [-0.2, -0.15) is 0 Å². The number of fused-ring (bicyclic) bond motifs is 9. The molecule has 0 saturated heterocycles. The van der Waals surface area contributed by atoms with E-state index in [2.05, 4.69) is 276 Å². The second-order valence-electron chi connectivity index (χ2n) is 18.4. The zero-order chi connectivity index (χ0) is 46.2. The van der Waals surface area contributed by atoms with Crippen molar-refractivity contribution in [3.05, 3.63) is 289 Å². The van der Waals surface area contributed by atoms with Crippen molar-refractivity contribution in [3.63, 3.8) is 0 Å². The van der Waals surface area contributed by atoms with Gasteiger partial charge < -0.3 is 9.47 Å². The predicted molar refractivity (Wildman–Crippen MR) is 297 cm³/mol. The Morgan fingerprint density at radius 3 is 1.71 bits per heavy atom. The molecule has 0 fully saturated rings. The first-order valence-corrected chi connectivity index (χ1v) is 24.9. The highest BCUT2D eigenvalue weighted by atomic mass is 32.1. The molecule has 11 aromatic carbocycles. The number of rotatable bonds is 8. The minimum Gasteiger partial charge on any atom is -0.310 e. The van der Waals surface area contributed by atoms with Crippen LogP contribution in [0.1, 0.15) is 22.3 Å². The van der Waals surface area contributed by atoms with Crippen LogP contribution in [0.25, 0.3) is 81.0 Å². The lowest BCUT2D eigenvalue weighted by molar-refractivity contribution is 0.768. The minimum atomic E-state index is -0.530. The highest BCUT2D eigenvalue weighted by Gasteiger charge is 2.46. The van der Waals surface area contributed by atoms with Crippen molar-refractivity contribution >= 4 is 70.4 Å². The third-order valence-electron chi connectivity index (χ3n) is 14.7. The Balaban J connectivity index is 0.980. The summed E-state index contributed by atoms with van der Waals surface area (Å²) in [6.45, 7) is 0. The molecule has 1 aliphatic rings. The van der Waals surface area contributed by atoms with Crippen LogP contribution in [0.2, 0.25) is 0 Å². The standard InChI is InChI=1S/C67H44N2S/c1-4-22-48(23-5-1)67(49-24-6-2-7-25-49)61-35-14-12-30-57(61)58-42-41-53(44-62(58)67)68(51-39-37-46(38-40-51)55-32-17-20-45-19-10-11-29-54(45)55)52-28-16-21-47(43-52)56-33-18-34-60-64-66(70-65(56)60)59-31-13-15-36-63(59)69(64)50-26-8-3-9-27-50/h1-44H. The molecule has 3 heteroatoms. The smallest absolute Gasteiger partial charge is 0.0727 e. The van der Waals surface area contributed by atoms with Crippen molar-refractivity contribution in [3.8, 4) is 39.1 Å². The monoisotopic (exact) mass is 908 g/mol. The van der Waals surface area contributed by atoms with Crippen molar-refractivity contribution < 1.29 is 0 Å². The number of aromatic nitrogens is 1. The number of para-hydroxylation sites is 2. The average molecular weight is 909 g/mol. The van der Waals surface area contributed by atoms with E-state index in [9.17, 15) is 0 Å². The maximum atomic E-state index is 2.47. The Hall–Kier alpha value is -8.76. The molecular formula is C67H44N2S. The van der Waals surface area contributed by atoms with Crippen molar-refractivity contribution in [1.82, 2.24) is 4.57 Å². The zero-order valence-corrected chi connectivity index (χ0v) is 39.0. The SMILES string of the molecule is c1ccc(-n2c3ccccc3c3sc4c(-c5cccc(N(c6ccc(-c7cccc8ccccc78)cc6)c6ccc7c(c6)C(c6ccccc6)(c6ccccc6)c6ccccc6-7)c5)cccc4c32)cc1. The van der Waals surface area contributed by atoms with Gasteiger partial charge in [0.2, 0.25) is 0 Å². The van der Waals surface area contributed by atoms with Crippen molar-refractivity contribution in [2.24, 2.45) is 0 Å². The molecule has 0 unspecified atom stereocenters. The number of nitrogens with zero attached hydrogens (tertiary/aromatic N) is 2. The third kappa shape index (κ3) is 6.12. The Bertz CT molecular complexity index is 4070. The van der Waals surface area contributed by atoms with E-state index in [1.54, 1.807) is 0 Å². The molecule has 2 aromatic heterocycles. The van der Waals surface area contributed by atoms with Gasteiger partial charge >= 0.3 is 0 Å². The normalized spacial score (nSPS) is 12.7. The molecule has 0 N–H and O–H groups in total. The van der Waals surface area contributed by atoms with E-state index in [0.29, 0.717) is 0 Å². The van der Waals surface area contributed by atoms with Gasteiger partial charge in [0.05, 0.1) is 21.1 Å². The van der Waals surface area contributed by atoms with Crippen LogP contribution in [-0.2, 0) is 5.41 Å². The summed E-state index contributed by atoms with van der Waals surface area (Å²) in [5, 5.41) is 5.04. The van der Waals surface area contributed by atoms with Gasteiger partial charge in [0, 0.05) is 38.2 Å². The van der Waals surface area contributed by atoms with Gasteiger partial charge in [0.15, 0.2) is 0 Å². The fourth-order valence-electron chi connectivity index (χ4n) is 11.7. The van der Waals surface area contributed by atoms with Gasteiger partial charge in [0.1, 0.15) is 0 Å². The molecule has 2 heterocycles.